The standard InChI is InChI=1S/C13H23NO.ClH/c1-10-9-14(11(2)8-13(10)15)12-6-4-3-5-7-12;/h10-12H,3-9H2,1-2H3;1H. The maximum absolute atomic E-state index is 11.6. The topological polar surface area (TPSA) is 20.3 Å². The van der Waals surface area contributed by atoms with Crippen LogP contribution >= 0.6 is 12.4 Å². The van der Waals surface area contributed by atoms with Gasteiger partial charge < -0.3 is 0 Å². The number of Topliss-reactive ketones (excluding diaryl/α,β-unsaturated/α-hetero) is 1. The largest absolute Gasteiger partial charge is 0.299 e. The SMILES string of the molecule is CC1CN(C2CCCCC2)C(C)CC1=O.Cl. The average molecular weight is 246 g/mol. The molecule has 0 spiro atoms. The van der Waals surface area contributed by atoms with E-state index in [0.717, 1.165) is 19.0 Å². The number of hydrogen-bond acceptors (Lipinski definition) is 2. The van der Waals surface area contributed by atoms with Crippen molar-refractivity contribution in [2.75, 3.05) is 6.54 Å². The fourth-order valence-electron chi connectivity index (χ4n) is 3.13. The zero-order valence-electron chi connectivity index (χ0n) is 10.4. The van der Waals surface area contributed by atoms with Gasteiger partial charge in [-0.25, -0.2) is 0 Å². The molecule has 0 aromatic rings. The molecule has 2 fully saturated rings. The van der Waals surface area contributed by atoms with Crippen LogP contribution in [0.2, 0.25) is 0 Å². The highest BCUT2D eigenvalue weighted by Crippen LogP contribution is 2.28. The van der Waals surface area contributed by atoms with Gasteiger partial charge in [0.05, 0.1) is 0 Å². The van der Waals surface area contributed by atoms with Crippen molar-refractivity contribution >= 4 is 18.2 Å². The number of carbonyl (C=O) groups is 1. The third kappa shape index (κ3) is 2.98. The summed E-state index contributed by atoms with van der Waals surface area (Å²) >= 11 is 0. The normalized spacial score (nSPS) is 33.5. The Kier molecular flexibility index (Phi) is 5.26. The minimum Gasteiger partial charge on any atom is -0.299 e. The molecule has 0 N–H and O–H groups in total. The number of hydrogen-bond donors (Lipinski definition) is 0. The van der Waals surface area contributed by atoms with Crippen LogP contribution in [0.3, 0.4) is 0 Å². The van der Waals surface area contributed by atoms with Crippen molar-refractivity contribution in [2.45, 2.75) is 64.5 Å². The Bertz CT molecular complexity index is 238. The molecule has 2 rings (SSSR count). The Morgan fingerprint density at radius 3 is 2.38 bits per heavy atom. The lowest BCUT2D eigenvalue weighted by Gasteiger charge is -2.42. The third-order valence-electron chi connectivity index (χ3n) is 4.14. The van der Waals surface area contributed by atoms with Crippen molar-refractivity contribution in [3.05, 3.63) is 0 Å². The number of carbonyl (C=O) groups excluding carboxylic acids is 1. The second-order valence-corrected chi connectivity index (χ2v) is 5.41. The van der Waals surface area contributed by atoms with Crippen LogP contribution in [-0.2, 0) is 4.79 Å². The summed E-state index contributed by atoms with van der Waals surface area (Å²) in [5.41, 5.74) is 0. The van der Waals surface area contributed by atoms with E-state index in [2.05, 4.69) is 18.7 Å². The first-order valence-corrected chi connectivity index (χ1v) is 6.47. The molecule has 0 radical (unpaired) electrons. The molecule has 3 heteroatoms. The van der Waals surface area contributed by atoms with E-state index in [0.29, 0.717) is 11.8 Å². The van der Waals surface area contributed by atoms with Gasteiger partial charge in [0.25, 0.3) is 0 Å². The molecule has 1 saturated carbocycles. The lowest BCUT2D eigenvalue weighted by molar-refractivity contribution is -0.128. The molecule has 1 aliphatic heterocycles. The van der Waals surface area contributed by atoms with Crippen molar-refractivity contribution < 1.29 is 4.79 Å². The number of rotatable bonds is 1. The zero-order chi connectivity index (χ0) is 10.8. The lowest BCUT2D eigenvalue weighted by Crippen LogP contribution is -2.51. The molecule has 0 bridgehead atoms. The van der Waals surface area contributed by atoms with Gasteiger partial charge in [-0.1, -0.05) is 26.2 Å². The van der Waals surface area contributed by atoms with Crippen LogP contribution in [0.4, 0.5) is 0 Å². The molecular weight excluding hydrogens is 222 g/mol. The van der Waals surface area contributed by atoms with Crippen molar-refractivity contribution in [2.24, 2.45) is 5.92 Å². The van der Waals surface area contributed by atoms with Gasteiger partial charge in [0, 0.05) is 31.0 Å². The molecule has 1 heterocycles. The summed E-state index contributed by atoms with van der Waals surface area (Å²) in [5, 5.41) is 0. The minimum atomic E-state index is 0. The Morgan fingerprint density at radius 2 is 1.75 bits per heavy atom. The summed E-state index contributed by atoms with van der Waals surface area (Å²) in [6.07, 6.45) is 7.66. The van der Waals surface area contributed by atoms with Crippen molar-refractivity contribution in [3.63, 3.8) is 0 Å². The summed E-state index contributed by atoms with van der Waals surface area (Å²) in [6, 6.07) is 1.25. The van der Waals surface area contributed by atoms with Crippen molar-refractivity contribution in [1.29, 1.82) is 0 Å². The van der Waals surface area contributed by atoms with Gasteiger partial charge in [0.2, 0.25) is 0 Å². The Labute approximate surface area is 105 Å². The average Bonchev–Trinajstić information content (AvgIpc) is 2.25. The van der Waals surface area contributed by atoms with Crippen LogP contribution < -0.4 is 0 Å². The highest BCUT2D eigenvalue weighted by molar-refractivity contribution is 5.85. The molecule has 94 valence electrons. The Balaban J connectivity index is 0.00000128. The fourth-order valence-corrected chi connectivity index (χ4v) is 3.13. The van der Waals surface area contributed by atoms with Crippen LogP contribution in [-0.4, -0.2) is 29.3 Å². The van der Waals surface area contributed by atoms with Crippen LogP contribution in [0.15, 0.2) is 0 Å². The van der Waals surface area contributed by atoms with Crippen LogP contribution in [0.5, 0.6) is 0 Å². The molecule has 2 atom stereocenters. The summed E-state index contributed by atoms with van der Waals surface area (Å²) in [4.78, 5) is 14.2. The molecule has 0 aromatic heterocycles. The summed E-state index contributed by atoms with van der Waals surface area (Å²) < 4.78 is 0. The molecule has 2 nitrogen and oxygen atoms in total. The highest BCUT2D eigenvalue weighted by Gasteiger charge is 2.33. The van der Waals surface area contributed by atoms with Crippen LogP contribution in [0, 0.1) is 5.92 Å². The monoisotopic (exact) mass is 245 g/mol. The maximum Gasteiger partial charge on any atom is 0.138 e. The summed E-state index contributed by atoms with van der Waals surface area (Å²) in [7, 11) is 0. The predicted octanol–water partition coefficient (Wildman–Crippen LogP) is 3.04. The van der Waals surface area contributed by atoms with E-state index < -0.39 is 0 Å². The van der Waals surface area contributed by atoms with E-state index in [1.807, 2.05) is 0 Å². The van der Waals surface area contributed by atoms with Crippen molar-refractivity contribution in [3.8, 4) is 0 Å². The molecule has 1 aliphatic carbocycles. The van der Waals surface area contributed by atoms with Crippen LogP contribution in [0.1, 0.15) is 52.4 Å². The molecule has 2 unspecified atom stereocenters. The molecule has 2 aliphatic rings. The molecule has 0 aromatic carbocycles. The summed E-state index contributed by atoms with van der Waals surface area (Å²) in [5.74, 6) is 0.734. The quantitative estimate of drug-likeness (QED) is 0.708. The molecule has 0 amide bonds. The van der Waals surface area contributed by atoms with E-state index in [1.54, 1.807) is 0 Å². The zero-order valence-corrected chi connectivity index (χ0v) is 11.3. The molecule has 1 saturated heterocycles. The molecular formula is C13H24ClNO. The smallest absolute Gasteiger partial charge is 0.138 e. The van der Waals surface area contributed by atoms with E-state index in [4.69, 9.17) is 0 Å². The van der Waals surface area contributed by atoms with Gasteiger partial charge in [0.1, 0.15) is 5.78 Å². The van der Waals surface area contributed by atoms with Gasteiger partial charge in [-0.3, -0.25) is 9.69 Å². The highest BCUT2D eigenvalue weighted by atomic mass is 35.5. The van der Waals surface area contributed by atoms with Crippen molar-refractivity contribution in [1.82, 2.24) is 4.90 Å². The number of nitrogens with zero attached hydrogens (tertiary/aromatic N) is 1. The number of likely N-dealkylation sites (tertiary alicyclic amines) is 1. The predicted molar refractivity (Wildman–Crippen MR) is 69.1 cm³/mol. The first kappa shape index (κ1) is 14.0. The Morgan fingerprint density at radius 1 is 1.12 bits per heavy atom. The van der Waals surface area contributed by atoms with Gasteiger partial charge in [-0.15, -0.1) is 12.4 Å². The van der Waals surface area contributed by atoms with E-state index >= 15 is 0 Å². The van der Waals surface area contributed by atoms with Crippen LogP contribution in [0.25, 0.3) is 0 Å². The number of piperidine rings is 1. The minimum absolute atomic E-state index is 0. The van der Waals surface area contributed by atoms with Gasteiger partial charge in [0.15, 0.2) is 0 Å². The van der Waals surface area contributed by atoms with E-state index in [9.17, 15) is 4.79 Å². The lowest BCUT2D eigenvalue weighted by atomic mass is 9.87. The third-order valence-corrected chi connectivity index (χ3v) is 4.14. The molecule has 16 heavy (non-hydrogen) atoms. The van der Waals surface area contributed by atoms with Gasteiger partial charge >= 0.3 is 0 Å². The first-order chi connectivity index (χ1) is 7.18. The number of ketones is 1. The first-order valence-electron chi connectivity index (χ1n) is 6.47. The van der Waals surface area contributed by atoms with E-state index in [-0.39, 0.29) is 18.3 Å². The van der Waals surface area contributed by atoms with Gasteiger partial charge in [-0.05, 0) is 19.8 Å². The summed E-state index contributed by atoms with van der Waals surface area (Å²) in [6.45, 7) is 5.31. The fraction of sp³-hybridized carbons (Fsp3) is 0.923. The maximum atomic E-state index is 11.6. The van der Waals surface area contributed by atoms with Gasteiger partial charge in [-0.2, -0.15) is 0 Å². The second-order valence-electron chi connectivity index (χ2n) is 5.41. The number of halogens is 1. The van der Waals surface area contributed by atoms with E-state index in [1.165, 1.54) is 32.1 Å². The Hall–Kier alpha value is -0.0800. The second kappa shape index (κ2) is 6.02.